The maximum Gasteiger partial charge on any atom is 0.226 e. The monoisotopic (exact) mass is 401 g/mol. The molecular formula is C19H21ClFN7. The first-order valence-electron chi connectivity index (χ1n) is 9.29. The summed E-state index contributed by atoms with van der Waals surface area (Å²) < 4.78 is 13.4. The second-order valence-corrected chi connectivity index (χ2v) is 7.29. The Bertz CT molecular complexity index is 976. The van der Waals surface area contributed by atoms with Crippen molar-refractivity contribution in [3.05, 3.63) is 41.6 Å². The number of piperidine rings is 1. The van der Waals surface area contributed by atoms with Gasteiger partial charge in [0.1, 0.15) is 23.2 Å². The van der Waals surface area contributed by atoms with Crippen LogP contribution in [-0.4, -0.2) is 39.6 Å². The number of nitrogens with zero attached hydrogens (tertiary/aromatic N) is 5. The molecular weight excluding hydrogens is 381 g/mol. The molecule has 9 heteroatoms. The van der Waals surface area contributed by atoms with E-state index in [4.69, 9.17) is 22.3 Å². The molecule has 4 rings (SSSR count). The minimum Gasteiger partial charge on any atom is -0.341 e. The average molecular weight is 402 g/mol. The molecule has 2 aromatic heterocycles. The van der Waals surface area contributed by atoms with Crippen LogP contribution < -0.4 is 16.0 Å². The van der Waals surface area contributed by atoms with Crippen molar-refractivity contribution in [3.63, 3.8) is 0 Å². The lowest BCUT2D eigenvalue weighted by Crippen LogP contribution is -2.35. The fourth-order valence-electron chi connectivity index (χ4n) is 3.46. The Balaban J connectivity index is 1.60. The van der Waals surface area contributed by atoms with E-state index in [0.29, 0.717) is 34.4 Å². The lowest BCUT2D eigenvalue weighted by Gasteiger charge is -2.31. The van der Waals surface area contributed by atoms with E-state index >= 15 is 0 Å². The molecule has 0 radical (unpaired) electrons. The molecule has 1 aliphatic rings. The molecule has 28 heavy (non-hydrogen) atoms. The number of nitrogens with two attached hydrogens (primary N) is 1. The molecule has 0 saturated carbocycles. The standard InChI is InChI=1S/C19H21ClFN7/c20-14-9-13(1-2-15(14)21)26-18-17-16(24-11-25-18)10-23-19(27-17)28-7-4-12(3-6-22)5-8-28/h1-2,9-12H,3-8,22H2,(H,24,25,26). The first kappa shape index (κ1) is 18.8. The largest absolute Gasteiger partial charge is 0.341 e. The fraction of sp³-hybridized carbons (Fsp3) is 0.368. The van der Waals surface area contributed by atoms with Crippen LogP contribution in [0, 0.1) is 11.7 Å². The molecule has 1 aliphatic heterocycles. The van der Waals surface area contributed by atoms with Crippen LogP contribution in [0.5, 0.6) is 0 Å². The number of hydrogen-bond acceptors (Lipinski definition) is 7. The number of rotatable bonds is 5. The van der Waals surface area contributed by atoms with Crippen molar-refractivity contribution in [1.29, 1.82) is 0 Å². The normalized spacial score (nSPS) is 15.2. The van der Waals surface area contributed by atoms with E-state index in [0.717, 1.165) is 38.9 Å². The highest BCUT2D eigenvalue weighted by Gasteiger charge is 2.21. The van der Waals surface area contributed by atoms with Crippen molar-refractivity contribution in [1.82, 2.24) is 19.9 Å². The summed E-state index contributed by atoms with van der Waals surface area (Å²) in [5, 5.41) is 3.18. The van der Waals surface area contributed by atoms with Gasteiger partial charge in [-0.15, -0.1) is 0 Å². The molecule has 0 unspecified atom stereocenters. The summed E-state index contributed by atoms with van der Waals surface area (Å²) in [6.07, 6.45) is 6.38. The van der Waals surface area contributed by atoms with Crippen molar-refractivity contribution in [2.24, 2.45) is 11.7 Å². The Morgan fingerprint density at radius 3 is 2.79 bits per heavy atom. The highest BCUT2D eigenvalue weighted by atomic mass is 35.5. The molecule has 3 N–H and O–H groups in total. The fourth-order valence-corrected chi connectivity index (χ4v) is 3.64. The van der Waals surface area contributed by atoms with Gasteiger partial charge in [-0.05, 0) is 49.9 Å². The lowest BCUT2D eigenvalue weighted by molar-refractivity contribution is 0.384. The smallest absolute Gasteiger partial charge is 0.226 e. The van der Waals surface area contributed by atoms with Gasteiger partial charge in [0, 0.05) is 18.8 Å². The molecule has 3 aromatic rings. The molecule has 146 valence electrons. The third-order valence-electron chi connectivity index (χ3n) is 5.02. The second-order valence-electron chi connectivity index (χ2n) is 6.89. The van der Waals surface area contributed by atoms with Crippen molar-refractivity contribution >= 4 is 40.1 Å². The first-order chi connectivity index (χ1) is 13.6. The summed E-state index contributed by atoms with van der Waals surface area (Å²) in [4.78, 5) is 19.9. The predicted molar refractivity (Wildman–Crippen MR) is 108 cm³/mol. The minimum atomic E-state index is -0.470. The lowest BCUT2D eigenvalue weighted by atomic mass is 9.94. The Kier molecular flexibility index (Phi) is 5.50. The van der Waals surface area contributed by atoms with E-state index in [2.05, 4.69) is 25.2 Å². The summed E-state index contributed by atoms with van der Waals surface area (Å²) in [7, 11) is 0. The zero-order valence-electron chi connectivity index (χ0n) is 15.3. The van der Waals surface area contributed by atoms with Crippen LogP contribution in [0.4, 0.5) is 21.8 Å². The van der Waals surface area contributed by atoms with Crippen molar-refractivity contribution < 1.29 is 4.39 Å². The Hall–Kier alpha value is -2.58. The van der Waals surface area contributed by atoms with E-state index < -0.39 is 5.82 Å². The summed E-state index contributed by atoms with van der Waals surface area (Å²) in [5.74, 6) is 1.39. The summed E-state index contributed by atoms with van der Waals surface area (Å²) in [5.41, 5.74) is 7.54. The Labute approximate surface area is 167 Å². The number of aromatic nitrogens is 4. The maximum atomic E-state index is 13.4. The number of halogens is 2. The molecule has 0 atom stereocenters. The van der Waals surface area contributed by atoms with Gasteiger partial charge in [0.25, 0.3) is 0 Å². The summed E-state index contributed by atoms with van der Waals surface area (Å²) in [6, 6.07) is 4.41. The molecule has 3 heterocycles. The molecule has 1 saturated heterocycles. The predicted octanol–water partition coefficient (Wildman–Crippen LogP) is 3.52. The van der Waals surface area contributed by atoms with Crippen LogP contribution in [0.15, 0.2) is 30.7 Å². The summed E-state index contributed by atoms with van der Waals surface area (Å²) >= 11 is 5.87. The van der Waals surface area contributed by atoms with E-state index in [1.807, 2.05) is 0 Å². The Morgan fingerprint density at radius 1 is 1.21 bits per heavy atom. The second kappa shape index (κ2) is 8.20. The van der Waals surface area contributed by atoms with Gasteiger partial charge in [0.15, 0.2) is 5.82 Å². The molecule has 1 aromatic carbocycles. The zero-order valence-corrected chi connectivity index (χ0v) is 16.0. The highest BCUT2D eigenvalue weighted by Crippen LogP contribution is 2.27. The molecule has 1 fully saturated rings. The SMILES string of the molecule is NCCC1CCN(c2ncc3ncnc(Nc4ccc(F)c(Cl)c4)c3n2)CC1. The summed E-state index contributed by atoms with van der Waals surface area (Å²) in [6.45, 7) is 2.54. The highest BCUT2D eigenvalue weighted by molar-refractivity contribution is 6.31. The average Bonchev–Trinajstić information content (AvgIpc) is 2.72. The molecule has 0 amide bonds. The van der Waals surface area contributed by atoms with E-state index in [1.165, 1.54) is 18.5 Å². The third-order valence-corrected chi connectivity index (χ3v) is 5.31. The van der Waals surface area contributed by atoms with Gasteiger partial charge in [0.05, 0.1) is 11.2 Å². The van der Waals surface area contributed by atoms with Gasteiger partial charge in [0.2, 0.25) is 5.95 Å². The van der Waals surface area contributed by atoms with Crippen LogP contribution in [-0.2, 0) is 0 Å². The third kappa shape index (κ3) is 3.98. The molecule has 0 aliphatic carbocycles. The van der Waals surface area contributed by atoms with Crippen LogP contribution >= 0.6 is 11.6 Å². The number of anilines is 3. The van der Waals surface area contributed by atoms with E-state index in [9.17, 15) is 4.39 Å². The van der Waals surface area contributed by atoms with Gasteiger partial charge in [-0.2, -0.15) is 0 Å². The van der Waals surface area contributed by atoms with E-state index in [1.54, 1.807) is 12.3 Å². The van der Waals surface area contributed by atoms with Gasteiger partial charge in [-0.3, -0.25) is 0 Å². The van der Waals surface area contributed by atoms with Crippen molar-refractivity contribution in [2.75, 3.05) is 29.9 Å². The number of fused-ring (bicyclic) bond motifs is 1. The molecule has 0 spiro atoms. The number of hydrogen-bond donors (Lipinski definition) is 2. The maximum absolute atomic E-state index is 13.4. The first-order valence-corrected chi connectivity index (χ1v) is 9.66. The van der Waals surface area contributed by atoms with Gasteiger partial charge in [-0.25, -0.2) is 24.3 Å². The Morgan fingerprint density at radius 2 is 2.04 bits per heavy atom. The molecule has 7 nitrogen and oxygen atoms in total. The van der Waals surface area contributed by atoms with Gasteiger partial charge >= 0.3 is 0 Å². The van der Waals surface area contributed by atoms with Crippen LogP contribution in [0.3, 0.4) is 0 Å². The number of benzene rings is 1. The van der Waals surface area contributed by atoms with Crippen molar-refractivity contribution in [3.8, 4) is 0 Å². The topological polar surface area (TPSA) is 92.9 Å². The van der Waals surface area contributed by atoms with Gasteiger partial charge < -0.3 is 16.0 Å². The van der Waals surface area contributed by atoms with Crippen molar-refractivity contribution in [2.45, 2.75) is 19.3 Å². The van der Waals surface area contributed by atoms with Crippen LogP contribution in [0.2, 0.25) is 5.02 Å². The molecule has 0 bridgehead atoms. The zero-order chi connectivity index (χ0) is 19.5. The number of nitrogens with one attached hydrogen (secondary N) is 1. The van der Waals surface area contributed by atoms with Gasteiger partial charge in [-0.1, -0.05) is 11.6 Å². The van der Waals surface area contributed by atoms with E-state index in [-0.39, 0.29) is 5.02 Å². The van der Waals surface area contributed by atoms with Crippen LogP contribution in [0.1, 0.15) is 19.3 Å². The quantitative estimate of drug-likeness (QED) is 0.675. The minimum absolute atomic E-state index is 0.0408. The van der Waals surface area contributed by atoms with Crippen LogP contribution in [0.25, 0.3) is 11.0 Å².